The van der Waals surface area contributed by atoms with Gasteiger partial charge in [0.1, 0.15) is 5.75 Å². The average molecular weight is 228 g/mol. The lowest BCUT2D eigenvalue weighted by Gasteiger charge is -2.15. The summed E-state index contributed by atoms with van der Waals surface area (Å²) in [5, 5.41) is 0. The van der Waals surface area contributed by atoms with Crippen molar-refractivity contribution in [2.75, 3.05) is 6.16 Å². The van der Waals surface area contributed by atoms with Crippen LogP contribution in [0.25, 0.3) is 0 Å². The Morgan fingerprint density at radius 3 is 2.67 bits per heavy atom. The molecule has 0 aliphatic heterocycles. The van der Waals surface area contributed by atoms with E-state index in [2.05, 4.69) is 0 Å². The Morgan fingerprint density at radius 2 is 2.07 bits per heavy atom. The highest BCUT2D eigenvalue weighted by Gasteiger charge is 2.20. The maximum atomic E-state index is 11.6. The van der Waals surface area contributed by atoms with Crippen molar-refractivity contribution in [3.05, 3.63) is 29.3 Å². The van der Waals surface area contributed by atoms with Gasteiger partial charge in [0.15, 0.2) is 0 Å². The Balaban J connectivity index is 2.90. The highest BCUT2D eigenvalue weighted by atomic mass is 31.2. The molecule has 0 aliphatic rings. The quantitative estimate of drug-likeness (QED) is 0.804. The molecule has 1 N–H and O–H groups in total. The van der Waals surface area contributed by atoms with Gasteiger partial charge in [0, 0.05) is 0 Å². The predicted molar refractivity (Wildman–Crippen MR) is 61.5 cm³/mol. The summed E-state index contributed by atoms with van der Waals surface area (Å²) in [6.45, 7) is 5.69. The van der Waals surface area contributed by atoms with Crippen LogP contribution in [-0.2, 0) is 4.57 Å². The van der Waals surface area contributed by atoms with Gasteiger partial charge in [-0.1, -0.05) is 19.1 Å². The predicted octanol–water partition coefficient (Wildman–Crippen LogP) is 3.28. The summed E-state index contributed by atoms with van der Waals surface area (Å²) in [4.78, 5) is 9.52. The summed E-state index contributed by atoms with van der Waals surface area (Å²) in [5.41, 5.74) is 1.98. The van der Waals surface area contributed by atoms with Gasteiger partial charge in [-0.15, -0.1) is 0 Å². The lowest BCUT2D eigenvalue weighted by Crippen LogP contribution is -1.98. The van der Waals surface area contributed by atoms with Crippen molar-refractivity contribution in [3.8, 4) is 5.75 Å². The van der Waals surface area contributed by atoms with E-state index in [0.29, 0.717) is 12.2 Å². The molecule has 0 aliphatic carbocycles. The second-order valence-corrected chi connectivity index (χ2v) is 5.56. The fraction of sp³-hybridized carbons (Fsp3) is 0.455. The second kappa shape index (κ2) is 4.82. The largest absolute Gasteiger partial charge is 0.424 e. The van der Waals surface area contributed by atoms with Crippen LogP contribution < -0.4 is 4.52 Å². The molecule has 1 aromatic rings. The highest BCUT2D eigenvalue weighted by Crippen LogP contribution is 2.44. The third-order valence-corrected chi connectivity index (χ3v) is 3.80. The Labute approximate surface area is 90.6 Å². The van der Waals surface area contributed by atoms with Crippen molar-refractivity contribution >= 4 is 7.60 Å². The van der Waals surface area contributed by atoms with Gasteiger partial charge in [-0.2, -0.15) is 0 Å². The van der Waals surface area contributed by atoms with Crippen molar-refractivity contribution in [1.82, 2.24) is 0 Å². The first kappa shape index (κ1) is 12.3. The normalized spacial score (nSPS) is 14.7. The average Bonchev–Trinajstić information content (AvgIpc) is 2.12. The minimum Gasteiger partial charge on any atom is -0.424 e. The zero-order valence-corrected chi connectivity index (χ0v) is 10.3. The summed E-state index contributed by atoms with van der Waals surface area (Å²) in [6, 6.07) is 5.49. The van der Waals surface area contributed by atoms with Gasteiger partial charge in [-0.05, 0) is 37.5 Å². The van der Waals surface area contributed by atoms with Crippen LogP contribution in [0.1, 0.15) is 24.5 Å². The van der Waals surface area contributed by atoms with E-state index in [1.54, 1.807) is 6.07 Å². The molecule has 0 saturated carbocycles. The van der Waals surface area contributed by atoms with E-state index in [1.807, 2.05) is 32.9 Å². The van der Waals surface area contributed by atoms with Crippen LogP contribution in [0.5, 0.6) is 5.75 Å². The topological polar surface area (TPSA) is 46.5 Å². The van der Waals surface area contributed by atoms with Crippen LogP contribution in [0.4, 0.5) is 0 Å². The molecule has 0 heterocycles. The second-order valence-electron chi connectivity index (χ2n) is 3.65. The SMILES string of the molecule is CCCP(=O)(O)Oc1cccc(C)c1C. The zero-order valence-electron chi connectivity index (χ0n) is 9.36. The molecule has 1 atom stereocenters. The maximum Gasteiger partial charge on any atom is 0.376 e. The van der Waals surface area contributed by atoms with Gasteiger partial charge in [-0.3, -0.25) is 0 Å². The van der Waals surface area contributed by atoms with Gasteiger partial charge < -0.3 is 9.42 Å². The molecule has 1 aromatic carbocycles. The highest BCUT2D eigenvalue weighted by molar-refractivity contribution is 7.53. The molecular weight excluding hydrogens is 211 g/mol. The number of benzene rings is 1. The van der Waals surface area contributed by atoms with Crippen LogP contribution in [0, 0.1) is 13.8 Å². The Kier molecular flexibility index (Phi) is 3.95. The number of hydrogen-bond acceptors (Lipinski definition) is 2. The van der Waals surface area contributed by atoms with E-state index in [-0.39, 0.29) is 6.16 Å². The molecular formula is C11H17O3P. The fourth-order valence-electron chi connectivity index (χ4n) is 1.30. The molecule has 1 unspecified atom stereocenters. The smallest absolute Gasteiger partial charge is 0.376 e. The first-order chi connectivity index (χ1) is 6.96. The third kappa shape index (κ3) is 3.37. The molecule has 4 heteroatoms. The standard InChI is InChI=1S/C11H17O3P/c1-4-8-15(12,13)14-11-7-5-6-9(2)10(11)3/h5-7H,4,8H2,1-3H3,(H,12,13). The Bertz CT molecular complexity index is 387. The minimum atomic E-state index is -3.46. The molecule has 0 saturated heterocycles. The van der Waals surface area contributed by atoms with Crippen LogP contribution in [0.3, 0.4) is 0 Å². The molecule has 0 spiro atoms. The Hall–Kier alpha value is -0.790. The maximum absolute atomic E-state index is 11.6. The molecule has 1 rings (SSSR count). The van der Waals surface area contributed by atoms with E-state index < -0.39 is 7.60 Å². The summed E-state index contributed by atoms with van der Waals surface area (Å²) in [7, 11) is -3.46. The van der Waals surface area contributed by atoms with Crippen molar-refractivity contribution in [2.24, 2.45) is 0 Å². The van der Waals surface area contributed by atoms with Crippen LogP contribution in [0.2, 0.25) is 0 Å². The van der Waals surface area contributed by atoms with Gasteiger partial charge in [0.2, 0.25) is 0 Å². The van der Waals surface area contributed by atoms with E-state index in [1.165, 1.54) is 0 Å². The Morgan fingerprint density at radius 1 is 1.40 bits per heavy atom. The molecule has 84 valence electrons. The molecule has 0 bridgehead atoms. The van der Waals surface area contributed by atoms with Crippen LogP contribution >= 0.6 is 7.60 Å². The number of rotatable bonds is 4. The summed E-state index contributed by atoms with van der Waals surface area (Å²) in [6.07, 6.45) is 0.832. The van der Waals surface area contributed by atoms with Gasteiger partial charge in [-0.25, -0.2) is 4.57 Å². The minimum absolute atomic E-state index is 0.195. The third-order valence-electron chi connectivity index (χ3n) is 2.30. The fourth-order valence-corrected chi connectivity index (χ4v) is 2.47. The monoisotopic (exact) mass is 228 g/mol. The van der Waals surface area contributed by atoms with Gasteiger partial charge in [0.25, 0.3) is 0 Å². The van der Waals surface area contributed by atoms with Crippen molar-refractivity contribution in [3.63, 3.8) is 0 Å². The molecule has 3 nitrogen and oxygen atoms in total. The summed E-state index contributed by atoms with van der Waals surface area (Å²) in [5.74, 6) is 0.509. The van der Waals surface area contributed by atoms with E-state index in [9.17, 15) is 9.46 Å². The molecule has 0 radical (unpaired) electrons. The van der Waals surface area contributed by atoms with Crippen LogP contribution in [0.15, 0.2) is 18.2 Å². The van der Waals surface area contributed by atoms with E-state index in [4.69, 9.17) is 4.52 Å². The lowest BCUT2D eigenvalue weighted by molar-refractivity contribution is 0.378. The summed E-state index contributed by atoms with van der Waals surface area (Å²) < 4.78 is 16.7. The molecule has 0 fully saturated rings. The van der Waals surface area contributed by atoms with Crippen molar-refractivity contribution in [1.29, 1.82) is 0 Å². The van der Waals surface area contributed by atoms with Crippen LogP contribution in [-0.4, -0.2) is 11.1 Å². The van der Waals surface area contributed by atoms with Gasteiger partial charge in [0.05, 0.1) is 6.16 Å². The van der Waals surface area contributed by atoms with E-state index in [0.717, 1.165) is 11.1 Å². The first-order valence-electron chi connectivity index (χ1n) is 5.04. The van der Waals surface area contributed by atoms with E-state index >= 15 is 0 Å². The van der Waals surface area contributed by atoms with Gasteiger partial charge >= 0.3 is 7.60 Å². The molecule has 15 heavy (non-hydrogen) atoms. The van der Waals surface area contributed by atoms with Crippen molar-refractivity contribution < 1.29 is 14.0 Å². The first-order valence-corrected chi connectivity index (χ1v) is 6.80. The van der Waals surface area contributed by atoms with Crippen molar-refractivity contribution in [2.45, 2.75) is 27.2 Å². The zero-order chi connectivity index (χ0) is 11.5. The molecule has 0 aromatic heterocycles. The summed E-state index contributed by atoms with van der Waals surface area (Å²) >= 11 is 0. The number of aryl methyl sites for hydroxylation is 1. The lowest BCUT2D eigenvalue weighted by atomic mass is 10.1. The number of hydrogen-bond donors (Lipinski definition) is 1. The molecule has 0 amide bonds.